The quantitative estimate of drug-likeness (QED) is 0.0982. The molecule has 0 unspecified atom stereocenters. The van der Waals surface area contributed by atoms with E-state index >= 15 is 0 Å². The zero-order valence-corrected chi connectivity index (χ0v) is 22.5. The lowest BCUT2D eigenvalue weighted by atomic mass is 10.2. The van der Waals surface area contributed by atoms with Crippen LogP contribution in [0.5, 0.6) is 23.0 Å². The molecule has 204 valence electrons. The van der Waals surface area contributed by atoms with Crippen LogP contribution < -0.4 is 24.4 Å². The highest BCUT2D eigenvalue weighted by Gasteiger charge is 2.13. The Morgan fingerprint density at radius 3 is 2.23 bits per heavy atom. The van der Waals surface area contributed by atoms with Gasteiger partial charge in [0.1, 0.15) is 18.1 Å². The van der Waals surface area contributed by atoms with Crippen LogP contribution in [-0.2, 0) is 11.4 Å². The van der Waals surface area contributed by atoms with E-state index in [4.69, 9.17) is 30.5 Å². The summed E-state index contributed by atoms with van der Waals surface area (Å²) in [5.74, 6) is 0.867. The summed E-state index contributed by atoms with van der Waals surface area (Å²) in [5, 5.41) is 4.49. The van der Waals surface area contributed by atoms with E-state index in [1.54, 1.807) is 66.7 Å². The molecule has 0 saturated heterocycles. The van der Waals surface area contributed by atoms with Crippen molar-refractivity contribution in [2.45, 2.75) is 13.5 Å². The van der Waals surface area contributed by atoms with Gasteiger partial charge in [0.15, 0.2) is 18.1 Å². The minimum Gasteiger partial charge on any atom is -0.490 e. The number of nitrogens with zero attached hydrogens (tertiary/aromatic N) is 1. The maximum absolute atomic E-state index is 12.5. The van der Waals surface area contributed by atoms with Crippen molar-refractivity contribution in [1.82, 2.24) is 5.43 Å². The lowest BCUT2D eigenvalue weighted by Crippen LogP contribution is -2.24. The van der Waals surface area contributed by atoms with Gasteiger partial charge in [-0.1, -0.05) is 41.9 Å². The van der Waals surface area contributed by atoms with Crippen molar-refractivity contribution < 1.29 is 28.5 Å². The summed E-state index contributed by atoms with van der Waals surface area (Å²) in [6.45, 7) is 2.42. The van der Waals surface area contributed by atoms with Gasteiger partial charge >= 0.3 is 5.97 Å². The Balaban J connectivity index is 1.25. The summed E-state index contributed by atoms with van der Waals surface area (Å²) in [5.41, 5.74) is 4.47. The molecule has 0 fully saturated rings. The number of nitrogens with one attached hydrogen (secondary N) is 1. The SMILES string of the molecule is CCOc1cc(/C=N\NC(=O)COc2ccc(OCc3ccccc3)cc2)ccc1OC(=O)c1ccc(Cl)cc1. The number of rotatable bonds is 12. The Hall–Kier alpha value is -4.82. The Morgan fingerprint density at radius 2 is 1.52 bits per heavy atom. The third-order valence-corrected chi connectivity index (χ3v) is 5.65. The summed E-state index contributed by atoms with van der Waals surface area (Å²) in [7, 11) is 0. The third-order valence-electron chi connectivity index (χ3n) is 5.40. The topological polar surface area (TPSA) is 95.5 Å². The third kappa shape index (κ3) is 8.61. The van der Waals surface area contributed by atoms with Gasteiger partial charge < -0.3 is 18.9 Å². The van der Waals surface area contributed by atoms with Crippen molar-refractivity contribution in [2.24, 2.45) is 5.10 Å². The first-order valence-corrected chi connectivity index (χ1v) is 12.8. The molecule has 0 atom stereocenters. The number of hydrogen-bond acceptors (Lipinski definition) is 7. The highest BCUT2D eigenvalue weighted by molar-refractivity contribution is 6.30. The lowest BCUT2D eigenvalue weighted by Gasteiger charge is -2.11. The van der Waals surface area contributed by atoms with E-state index in [0.717, 1.165) is 5.56 Å². The van der Waals surface area contributed by atoms with Crippen molar-refractivity contribution in [3.05, 3.63) is 119 Å². The van der Waals surface area contributed by atoms with Gasteiger partial charge in [-0.25, -0.2) is 10.2 Å². The molecule has 4 rings (SSSR count). The van der Waals surface area contributed by atoms with E-state index in [1.165, 1.54) is 6.21 Å². The Bertz CT molecular complexity index is 1440. The van der Waals surface area contributed by atoms with E-state index in [1.807, 2.05) is 37.3 Å². The molecule has 0 aromatic heterocycles. The fraction of sp³-hybridized carbons (Fsp3) is 0.129. The summed E-state index contributed by atoms with van der Waals surface area (Å²) < 4.78 is 22.4. The highest BCUT2D eigenvalue weighted by Crippen LogP contribution is 2.29. The maximum Gasteiger partial charge on any atom is 0.343 e. The van der Waals surface area contributed by atoms with Gasteiger partial charge in [0.25, 0.3) is 5.91 Å². The molecule has 0 aliphatic rings. The first-order valence-electron chi connectivity index (χ1n) is 12.5. The molecule has 0 saturated carbocycles. The number of esters is 1. The molecule has 1 N–H and O–H groups in total. The summed E-state index contributed by atoms with van der Waals surface area (Å²) >= 11 is 5.88. The van der Waals surface area contributed by atoms with E-state index in [9.17, 15) is 9.59 Å². The average molecular weight is 559 g/mol. The Labute approximate surface area is 237 Å². The van der Waals surface area contributed by atoms with E-state index < -0.39 is 11.9 Å². The molecule has 0 heterocycles. The monoisotopic (exact) mass is 558 g/mol. The average Bonchev–Trinajstić information content (AvgIpc) is 2.98. The number of carbonyl (C=O) groups is 2. The van der Waals surface area contributed by atoms with Gasteiger partial charge in [0.05, 0.1) is 18.4 Å². The van der Waals surface area contributed by atoms with E-state index in [2.05, 4.69) is 10.5 Å². The second-order valence-electron chi connectivity index (χ2n) is 8.36. The van der Waals surface area contributed by atoms with Gasteiger partial charge in [-0.3, -0.25) is 4.79 Å². The Kier molecular flexibility index (Phi) is 10.1. The number of hydrazone groups is 1. The molecule has 0 bridgehead atoms. The van der Waals surface area contributed by atoms with Gasteiger partial charge in [0, 0.05) is 5.02 Å². The molecular weight excluding hydrogens is 532 g/mol. The van der Waals surface area contributed by atoms with Crippen molar-refractivity contribution in [2.75, 3.05) is 13.2 Å². The Morgan fingerprint density at radius 1 is 0.825 bits per heavy atom. The second kappa shape index (κ2) is 14.4. The van der Waals surface area contributed by atoms with Gasteiger partial charge in [-0.05, 0) is 84.8 Å². The minimum absolute atomic E-state index is 0.217. The summed E-state index contributed by atoms with van der Waals surface area (Å²) in [6, 6.07) is 28.2. The lowest BCUT2D eigenvalue weighted by molar-refractivity contribution is -0.123. The van der Waals surface area contributed by atoms with Crippen LogP contribution in [0.2, 0.25) is 5.02 Å². The fourth-order valence-corrected chi connectivity index (χ4v) is 3.56. The molecule has 1 amide bonds. The van der Waals surface area contributed by atoms with Crippen LogP contribution in [0.1, 0.15) is 28.4 Å². The van der Waals surface area contributed by atoms with Crippen molar-refractivity contribution in [3.63, 3.8) is 0 Å². The largest absolute Gasteiger partial charge is 0.490 e. The molecular formula is C31H27ClN2O6. The van der Waals surface area contributed by atoms with Crippen molar-refractivity contribution >= 4 is 29.7 Å². The van der Waals surface area contributed by atoms with Crippen LogP contribution in [0.15, 0.2) is 102 Å². The van der Waals surface area contributed by atoms with Gasteiger partial charge in [-0.15, -0.1) is 0 Å². The molecule has 40 heavy (non-hydrogen) atoms. The van der Waals surface area contributed by atoms with Crippen LogP contribution in [0.4, 0.5) is 0 Å². The standard InChI is InChI=1S/C31H27ClN2O6/c1-2-37-29-18-23(8-17-28(29)40-31(36)24-9-11-25(32)12-10-24)19-33-34-30(35)21-39-27-15-13-26(14-16-27)38-20-22-6-4-3-5-7-22/h3-19H,2,20-21H2,1H3,(H,34,35)/b33-19-. The zero-order valence-electron chi connectivity index (χ0n) is 21.7. The van der Waals surface area contributed by atoms with Crippen LogP contribution in [0, 0.1) is 0 Å². The number of carbonyl (C=O) groups excluding carboxylic acids is 2. The molecule has 9 heteroatoms. The van der Waals surface area contributed by atoms with Crippen molar-refractivity contribution in [1.29, 1.82) is 0 Å². The smallest absolute Gasteiger partial charge is 0.343 e. The number of halogens is 1. The minimum atomic E-state index is -0.541. The van der Waals surface area contributed by atoms with Crippen LogP contribution in [0.3, 0.4) is 0 Å². The van der Waals surface area contributed by atoms with Crippen molar-refractivity contribution in [3.8, 4) is 23.0 Å². The van der Waals surface area contributed by atoms with Gasteiger partial charge in [0.2, 0.25) is 0 Å². The predicted octanol–water partition coefficient (Wildman–Crippen LogP) is 6.07. The first kappa shape index (κ1) is 28.2. The van der Waals surface area contributed by atoms with Gasteiger partial charge in [-0.2, -0.15) is 5.10 Å². The summed E-state index contributed by atoms with van der Waals surface area (Å²) in [4.78, 5) is 24.6. The van der Waals surface area contributed by atoms with Crippen LogP contribution >= 0.6 is 11.6 Å². The summed E-state index contributed by atoms with van der Waals surface area (Å²) in [6.07, 6.45) is 1.45. The van der Waals surface area contributed by atoms with E-state index in [-0.39, 0.29) is 12.4 Å². The first-order chi connectivity index (χ1) is 19.5. The number of benzene rings is 4. The number of amides is 1. The fourth-order valence-electron chi connectivity index (χ4n) is 3.44. The zero-order chi connectivity index (χ0) is 28.2. The molecule has 0 aliphatic carbocycles. The van der Waals surface area contributed by atoms with Crippen LogP contribution in [0.25, 0.3) is 0 Å². The molecule has 4 aromatic carbocycles. The molecule has 8 nitrogen and oxygen atoms in total. The van der Waals surface area contributed by atoms with E-state index in [0.29, 0.717) is 46.6 Å². The normalized spacial score (nSPS) is 10.7. The van der Waals surface area contributed by atoms with Crippen LogP contribution in [-0.4, -0.2) is 31.3 Å². The second-order valence-corrected chi connectivity index (χ2v) is 8.80. The number of hydrogen-bond donors (Lipinski definition) is 1. The molecule has 0 spiro atoms. The molecule has 0 aliphatic heterocycles. The predicted molar refractivity (Wildman–Crippen MR) is 152 cm³/mol. The molecule has 4 aromatic rings. The highest BCUT2D eigenvalue weighted by atomic mass is 35.5. The maximum atomic E-state index is 12.5. The molecule has 0 radical (unpaired) electrons. The number of ether oxygens (including phenoxy) is 4.